The van der Waals surface area contributed by atoms with Crippen molar-refractivity contribution in [2.45, 2.75) is 77.5 Å². The van der Waals surface area contributed by atoms with Crippen molar-refractivity contribution in [1.29, 1.82) is 0 Å². The average molecular weight is 348 g/mol. The zero-order chi connectivity index (χ0) is 18.0. The molecule has 0 spiro atoms. The monoisotopic (exact) mass is 348 g/mol. The van der Waals surface area contributed by atoms with Gasteiger partial charge in [0.1, 0.15) is 5.60 Å². The van der Waals surface area contributed by atoms with Crippen LogP contribution in [0.15, 0.2) is 6.07 Å². The molecule has 1 saturated carbocycles. The number of nitrogens with zero attached hydrogens (tertiary/aromatic N) is 2. The van der Waals surface area contributed by atoms with Crippen LogP contribution in [0.5, 0.6) is 0 Å². The van der Waals surface area contributed by atoms with E-state index < -0.39 is 5.60 Å². The summed E-state index contributed by atoms with van der Waals surface area (Å²) < 4.78 is 7.44. The Morgan fingerprint density at radius 3 is 2.76 bits per heavy atom. The third-order valence-corrected chi connectivity index (χ3v) is 4.70. The molecule has 2 N–H and O–H groups in total. The van der Waals surface area contributed by atoms with E-state index in [0.29, 0.717) is 5.82 Å². The largest absolute Gasteiger partial charge is 0.460 e. The molecular formula is C18H28N4O3. The summed E-state index contributed by atoms with van der Waals surface area (Å²) >= 11 is 0. The van der Waals surface area contributed by atoms with E-state index >= 15 is 0 Å². The van der Waals surface area contributed by atoms with Crippen LogP contribution in [-0.4, -0.2) is 33.4 Å². The number of nitrogens with one attached hydrogen (secondary N) is 2. The molecule has 7 heteroatoms. The molecule has 1 aromatic heterocycles. The molecule has 2 aliphatic rings. The number of hydrogen-bond acceptors (Lipinski definition) is 4. The first-order valence-corrected chi connectivity index (χ1v) is 9.19. The van der Waals surface area contributed by atoms with Crippen molar-refractivity contribution < 1.29 is 14.3 Å². The fraction of sp³-hybridized carbons (Fsp3) is 0.722. The van der Waals surface area contributed by atoms with Gasteiger partial charge in [0.2, 0.25) is 0 Å². The summed E-state index contributed by atoms with van der Waals surface area (Å²) in [6, 6.07) is 1.43. The van der Waals surface area contributed by atoms with Crippen molar-refractivity contribution in [3.05, 3.63) is 11.8 Å². The number of urea groups is 1. The summed E-state index contributed by atoms with van der Waals surface area (Å²) in [7, 11) is 0. The second-order valence-corrected chi connectivity index (χ2v) is 7.98. The number of ether oxygens (including phenoxy) is 1. The van der Waals surface area contributed by atoms with E-state index in [2.05, 4.69) is 15.7 Å². The Balaban J connectivity index is 1.56. The molecule has 25 heavy (non-hydrogen) atoms. The Bertz CT molecular complexity index is 624. The zero-order valence-corrected chi connectivity index (χ0v) is 15.3. The van der Waals surface area contributed by atoms with Crippen molar-refractivity contribution in [1.82, 2.24) is 15.1 Å². The van der Waals surface area contributed by atoms with Crippen molar-refractivity contribution >= 4 is 17.8 Å². The lowest BCUT2D eigenvalue weighted by molar-refractivity contribution is -0.160. The summed E-state index contributed by atoms with van der Waals surface area (Å²) in [4.78, 5) is 24.6. The second kappa shape index (κ2) is 7.06. The molecular weight excluding hydrogens is 320 g/mol. The lowest BCUT2D eigenvalue weighted by atomic mass is 10.0. The molecule has 1 aromatic rings. The predicted octanol–water partition coefficient (Wildman–Crippen LogP) is 2.85. The number of aromatic nitrogens is 2. The van der Waals surface area contributed by atoms with E-state index in [1.165, 1.54) is 0 Å². The Kier molecular flexibility index (Phi) is 5.01. The van der Waals surface area contributed by atoms with E-state index in [9.17, 15) is 9.59 Å². The highest BCUT2D eigenvalue weighted by Crippen LogP contribution is 2.28. The first kappa shape index (κ1) is 17.8. The van der Waals surface area contributed by atoms with E-state index in [4.69, 9.17) is 4.74 Å². The first-order chi connectivity index (χ1) is 11.8. The smallest absolute Gasteiger partial charge is 0.320 e. The van der Waals surface area contributed by atoms with Gasteiger partial charge in [0.05, 0.1) is 5.92 Å². The van der Waals surface area contributed by atoms with Crippen molar-refractivity contribution in [3.63, 3.8) is 0 Å². The van der Waals surface area contributed by atoms with Gasteiger partial charge in [-0.3, -0.25) is 14.8 Å². The van der Waals surface area contributed by atoms with Crippen LogP contribution in [0.3, 0.4) is 0 Å². The molecule has 0 saturated heterocycles. The van der Waals surface area contributed by atoms with Gasteiger partial charge in [0, 0.05) is 24.3 Å². The Hall–Kier alpha value is -2.05. The second-order valence-electron chi connectivity index (χ2n) is 7.98. The normalized spacial score (nSPS) is 23.0. The van der Waals surface area contributed by atoms with Gasteiger partial charge >= 0.3 is 12.0 Å². The summed E-state index contributed by atoms with van der Waals surface area (Å²) in [5.41, 5.74) is 0.649. The maximum atomic E-state index is 12.3. The fourth-order valence-corrected chi connectivity index (χ4v) is 3.59. The van der Waals surface area contributed by atoms with Gasteiger partial charge in [-0.15, -0.1) is 0 Å². The highest BCUT2D eigenvalue weighted by Gasteiger charge is 2.36. The lowest BCUT2D eigenvalue weighted by Gasteiger charge is -2.25. The van der Waals surface area contributed by atoms with E-state index in [1.807, 2.05) is 31.5 Å². The Morgan fingerprint density at radius 2 is 2.04 bits per heavy atom. The number of rotatable bonds is 3. The van der Waals surface area contributed by atoms with Gasteiger partial charge < -0.3 is 10.1 Å². The molecule has 0 aromatic carbocycles. The Morgan fingerprint density at radius 1 is 1.24 bits per heavy atom. The molecule has 3 rings (SSSR count). The van der Waals surface area contributed by atoms with Crippen LogP contribution < -0.4 is 10.6 Å². The van der Waals surface area contributed by atoms with Gasteiger partial charge in [-0.2, -0.15) is 5.10 Å². The zero-order valence-electron chi connectivity index (χ0n) is 15.3. The number of esters is 1. The molecule has 138 valence electrons. The van der Waals surface area contributed by atoms with E-state index in [0.717, 1.165) is 50.8 Å². The van der Waals surface area contributed by atoms with Crippen molar-refractivity contribution in [2.24, 2.45) is 5.92 Å². The van der Waals surface area contributed by atoms with Crippen LogP contribution in [0.4, 0.5) is 10.6 Å². The summed E-state index contributed by atoms with van der Waals surface area (Å²) in [6.07, 6.45) is 5.74. The number of aryl methyl sites for hydroxylation is 2. The quantitative estimate of drug-likeness (QED) is 0.823. The van der Waals surface area contributed by atoms with Crippen LogP contribution in [0, 0.1) is 5.92 Å². The minimum absolute atomic E-state index is 0.188. The van der Waals surface area contributed by atoms with E-state index in [-0.39, 0.29) is 24.0 Å². The van der Waals surface area contributed by atoms with Gasteiger partial charge in [0.15, 0.2) is 5.82 Å². The number of hydrogen-bond donors (Lipinski definition) is 2. The molecule has 2 amide bonds. The van der Waals surface area contributed by atoms with Crippen LogP contribution in [-0.2, 0) is 22.5 Å². The van der Waals surface area contributed by atoms with Gasteiger partial charge in [-0.05, 0) is 52.9 Å². The maximum absolute atomic E-state index is 12.3. The molecule has 1 aliphatic heterocycles. The van der Waals surface area contributed by atoms with Crippen LogP contribution in [0.25, 0.3) is 0 Å². The van der Waals surface area contributed by atoms with Gasteiger partial charge in [-0.1, -0.05) is 6.42 Å². The third-order valence-electron chi connectivity index (χ3n) is 4.70. The maximum Gasteiger partial charge on any atom is 0.320 e. The third kappa shape index (κ3) is 4.52. The summed E-state index contributed by atoms with van der Waals surface area (Å²) in [6.45, 7) is 6.47. The van der Waals surface area contributed by atoms with Crippen LogP contribution >= 0.6 is 0 Å². The average Bonchev–Trinajstić information content (AvgIpc) is 3.11. The highest BCUT2D eigenvalue weighted by molar-refractivity contribution is 5.89. The van der Waals surface area contributed by atoms with E-state index in [1.54, 1.807) is 0 Å². The van der Waals surface area contributed by atoms with Gasteiger partial charge in [-0.25, -0.2) is 4.79 Å². The molecule has 2 atom stereocenters. The topological polar surface area (TPSA) is 85.2 Å². The summed E-state index contributed by atoms with van der Waals surface area (Å²) in [5.74, 6) is 0.0640. The SMILES string of the molecule is CC(C)(C)OC(=O)C1CCCC1NC(=O)Nc1cc2n(n1)CCCC2. The fourth-order valence-electron chi connectivity index (χ4n) is 3.59. The molecule has 1 aliphatic carbocycles. The number of fused-ring (bicyclic) bond motifs is 1. The number of carbonyl (C=O) groups excluding carboxylic acids is 2. The molecule has 0 radical (unpaired) electrons. The van der Waals surface area contributed by atoms with Crippen molar-refractivity contribution in [3.8, 4) is 0 Å². The minimum Gasteiger partial charge on any atom is -0.460 e. The summed E-state index contributed by atoms with van der Waals surface area (Å²) in [5, 5.41) is 10.1. The standard InChI is InChI=1S/C18H28N4O3/c1-18(2,3)25-16(23)13-8-6-9-14(13)19-17(24)20-15-11-12-7-4-5-10-22(12)21-15/h11,13-14H,4-10H2,1-3H3,(H2,19,20,21,24). The minimum atomic E-state index is -0.512. The van der Waals surface area contributed by atoms with Crippen LogP contribution in [0.2, 0.25) is 0 Å². The van der Waals surface area contributed by atoms with Crippen molar-refractivity contribution in [2.75, 3.05) is 5.32 Å². The molecule has 0 bridgehead atoms. The number of carbonyl (C=O) groups is 2. The van der Waals surface area contributed by atoms with Gasteiger partial charge in [0.25, 0.3) is 0 Å². The highest BCUT2D eigenvalue weighted by atomic mass is 16.6. The number of amides is 2. The molecule has 1 fully saturated rings. The first-order valence-electron chi connectivity index (χ1n) is 9.19. The Labute approximate surface area is 148 Å². The molecule has 2 heterocycles. The number of anilines is 1. The van der Waals surface area contributed by atoms with Crippen LogP contribution in [0.1, 0.15) is 58.6 Å². The molecule has 7 nitrogen and oxygen atoms in total. The molecule has 2 unspecified atom stereocenters. The lowest BCUT2D eigenvalue weighted by Crippen LogP contribution is -2.44. The predicted molar refractivity (Wildman–Crippen MR) is 94.3 cm³/mol.